The lowest BCUT2D eigenvalue weighted by molar-refractivity contribution is -0.167. The van der Waals surface area contributed by atoms with Gasteiger partial charge in [-0.05, 0) is 89.9 Å². The van der Waals surface area contributed by atoms with Crippen molar-refractivity contribution >= 4 is 17.9 Å². The van der Waals surface area contributed by atoms with Crippen LogP contribution in [0.15, 0.2) is 72.9 Å². The number of carbonyl (C=O) groups is 3. The van der Waals surface area contributed by atoms with Gasteiger partial charge in [-0.3, -0.25) is 14.4 Å². The summed E-state index contributed by atoms with van der Waals surface area (Å²) in [6, 6.07) is 0. The summed E-state index contributed by atoms with van der Waals surface area (Å²) >= 11 is 0. The molecule has 0 rings (SSSR count). The molecular weight excluding hydrogens is 1020 g/mol. The quantitative estimate of drug-likeness (QED) is 0.0261. The van der Waals surface area contributed by atoms with Crippen LogP contribution >= 0.6 is 0 Å². The minimum Gasteiger partial charge on any atom is -0.462 e. The van der Waals surface area contributed by atoms with Gasteiger partial charge in [0, 0.05) is 19.3 Å². The Morgan fingerprint density at radius 2 is 0.470 bits per heavy atom. The van der Waals surface area contributed by atoms with E-state index in [9.17, 15) is 14.4 Å². The number of esters is 3. The Kier molecular flexibility index (Phi) is 68.6. The molecule has 0 spiro atoms. The van der Waals surface area contributed by atoms with Crippen LogP contribution in [0.5, 0.6) is 0 Å². The second-order valence-electron chi connectivity index (χ2n) is 24.5. The normalized spacial score (nSPS) is 12.5. The Labute approximate surface area is 516 Å². The van der Waals surface area contributed by atoms with Crippen LogP contribution in [0.3, 0.4) is 0 Å². The smallest absolute Gasteiger partial charge is 0.306 e. The second-order valence-corrected chi connectivity index (χ2v) is 24.5. The van der Waals surface area contributed by atoms with Crippen LogP contribution in [0.25, 0.3) is 0 Å². The molecule has 0 heterocycles. The highest BCUT2D eigenvalue weighted by Crippen LogP contribution is 2.18. The fraction of sp³-hybridized carbons (Fsp3) is 0.805. The topological polar surface area (TPSA) is 78.9 Å². The first-order valence-corrected chi connectivity index (χ1v) is 36.4. The predicted molar refractivity (Wildman–Crippen MR) is 362 cm³/mol. The average molecular weight is 1160 g/mol. The third-order valence-electron chi connectivity index (χ3n) is 16.2. The van der Waals surface area contributed by atoms with Crippen LogP contribution < -0.4 is 0 Å². The van der Waals surface area contributed by atoms with Crippen molar-refractivity contribution in [2.45, 2.75) is 386 Å². The van der Waals surface area contributed by atoms with Gasteiger partial charge < -0.3 is 14.2 Å². The molecule has 6 heteroatoms. The third kappa shape index (κ3) is 69.5. The van der Waals surface area contributed by atoms with Gasteiger partial charge in [-0.25, -0.2) is 0 Å². The van der Waals surface area contributed by atoms with E-state index in [0.717, 1.165) is 89.9 Å². The molecule has 0 amide bonds. The number of allylic oxidation sites excluding steroid dienone is 12. The molecule has 482 valence electrons. The maximum Gasteiger partial charge on any atom is 0.306 e. The number of unbranched alkanes of at least 4 members (excludes halogenated alkanes) is 44. The average Bonchev–Trinajstić information content (AvgIpc) is 3.49. The minimum absolute atomic E-state index is 0.0705. The standard InChI is InChI=1S/C77H138O6/c1-4-7-10-13-16-19-22-25-27-29-31-32-33-34-35-36-37-38-39-40-41-42-43-44-46-47-49-52-55-58-61-64-67-70-76(79)82-73-74(72-81-75(78)69-66-63-60-57-54-51-24-21-18-15-12-9-6-3)83-77(80)71-68-65-62-59-56-53-50-48-45-30-28-26-23-20-17-14-11-8-5-2/h7,10,16-17,19-20,25-28,31-32,74H,4-6,8-9,11-15,18,21-24,29-30,33-73H2,1-3H3/b10-7-,19-16-,20-17-,27-25-,28-26-,32-31-. The van der Waals surface area contributed by atoms with Crippen molar-refractivity contribution in [2.75, 3.05) is 13.2 Å². The first-order valence-electron chi connectivity index (χ1n) is 36.4. The van der Waals surface area contributed by atoms with Crippen LogP contribution in [-0.2, 0) is 28.6 Å². The number of rotatable bonds is 67. The fourth-order valence-corrected chi connectivity index (χ4v) is 10.8. The van der Waals surface area contributed by atoms with Gasteiger partial charge >= 0.3 is 17.9 Å². The third-order valence-corrected chi connectivity index (χ3v) is 16.2. The van der Waals surface area contributed by atoms with Crippen LogP contribution in [-0.4, -0.2) is 37.2 Å². The molecule has 0 saturated carbocycles. The minimum atomic E-state index is -0.775. The van der Waals surface area contributed by atoms with Crippen LogP contribution in [0.1, 0.15) is 380 Å². The van der Waals surface area contributed by atoms with Crippen LogP contribution in [0.4, 0.5) is 0 Å². The number of hydrogen-bond donors (Lipinski definition) is 0. The summed E-state index contributed by atoms with van der Waals surface area (Å²) in [5.41, 5.74) is 0. The van der Waals surface area contributed by atoms with Gasteiger partial charge in [0.1, 0.15) is 13.2 Å². The molecule has 0 aliphatic heterocycles. The van der Waals surface area contributed by atoms with Crippen LogP contribution in [0.2, 0.25) is 0 Å². The van der Waals surface area contributed by atoms with E-state index in [1.54, 1.807) is 0 Å². The molecule has 1 unspecified atom stereocenters. The first-order chi connectivity index (χ1) is 41.0. The molecule has 6 nitrogen and oxygen atoms in total. The molecule has 83 heavy (non-hydrogen) atoms. The molecule has 0 aliphatic rings. The lowest BCUT2D eigenvalue weighted by atomic mass is 10.0. The van der Waals surface area contributed by atoms with Crippen molar-refractivity contribution in [1.82, 2.24) is 0 Å². The first kappa shape index (κ1) is 79.8. The Balaban J connectivity index is 4.15. The van der Waals surface area contributed by atoms with E-state index in [-0.39, 0.29) is 31.1 Å². The number of carbonyl (C=O) groups excluding carboxylic acids is 3. The van der Waals surface area contributed by atoms with Crippen molar-refractivity contribution in [3.05, 3.63) is 72.9 Å². The molecule has 0 bridgehead atoms. The zero-order chi connectivity index (χ0) is 59.9. The largest absolute Gasteiger partial charge is 0.462 e. The van der Waals surface area contributed by atoms with Gasteiger partial charge in [-0.2, -0.15) is 0 Å². The Bertz CT molecular complexity index is 1520. The summed E-state index contributed by atoms with van der Waals surface area (Å²) in [5, 5.41) is 0. The molecule has 0 fully saturated rings. The Morgan fingerprint density at radius 3 is 0.759 bits per heavy atom. The fourth-order valence-electron chi connectivity index (χ4n) is 10.8. The monoisotopic (exact) mass is 1160 g/mol. The molecule has 1 atom stereocenters. The highest BCUT2D eigenvalue weighted by molar-refractivity contribution is 5.71. The Morgan fingerprint density at radius 1 is 0.253 bits per heavy atom. The summed E-state index contributed by atoms with van der Waals surface area (Å²) in [5.74, 6) is -0.849. The van der Waals surface area contributed by atoms with E-state index in [2.05, 4.69) is 93.7 Å². The highest BCUT2D eigenvalue weighted by atomic mass is 16.6. The molecule has 0 saturated heterocycles. The maximum absolute atomic E-state index is 12.9. The van der Waals surface area contributed by atoms with E-state index in [1.165, 1.54) is 250 Å². The second kappa shape index (κ2) is 71.3. The van der Waals surface area contributed by atoms with Crippen molar-refractivity contribution in [2.24, 2.45) is 0 Å². The molecule has 0 aliphatic carbocycles. The summed E-state index contributed by atoms with van der Waals surface area (Å²) in [7, 11) is 0. The zero-order valence-electron chi connectivity index (χ0n) is 55.5. The molecule has 0 N–H and O–H groups in total. The Hall–Kier alpha value is -3.15. The maximum atomic E-state index is 12.9. The van der Waals surface area contributed by atoms with E-state index in [4.69, 9.17) is 14.2 Å². The van der Waals surface area contributed by atoms with Crippen molar-refractivity contribution in [3.8, 4) is 0 Å². The van der Waals surface area contributed by atoms with E-state index >= 15 is 0 Å². The zero-order valence-corrected chi connectivity index (χ0v) is 55.5. The predicted octanol–water partition coefficient (Wildman–Crippen LogP) is 25.2. The summed E-state index contributed by atoms with van der Waals surface area (Å²) in [6.45, 7) is 6.56. The lowest BCUT2D eigenvalue weighted by Crippen LogP contribution is -2.30. The summed E-state index contributed by atoms with van der Waals surface area (Å²) < 4.78 is 17.0. The molecule has 0 aromatic carbocycles. The summed E-state index contributed by atoms with van der Waals surface area (Å²) in [6.07, 6.45) is 93.7. The van der Waals surface area contributed by atoms with E-state index in [1.807, 2.05) is 0 Å². The molecule has 0 aromatic rings. The lowest BCUT2D eigenvalue weighted by Gasteiger charge is -2.18. The van der Waals surface area contributed by atoms with Crippen LogP contribution in [0, 0.1) is 0 Å². The molecular formula is C77H138O6. The molecule has 0 aromatic heterocycles. The van der Waals surface area contributed by atoms with E-state index < -0.39 is 6.10 Å². The van der Waals surface area contributed by atoms with Gasteiger partial charge in [0.2, 0.25) is 0 Å². The van der Waals surface area contributed by atoms with Gasteiger partial charge in [-0.15, -0.1) is 0 Å². The van der Waals surface area contributed by atoms with Crippen molar-refractivity contribution < 1.29 is 28.6 Å². The number of ether oxygens (including phenoxy) is 3. The molecule has 0 radical (unpaired) electrons. The summed E-state index contributed by atoms with van der Waals surface area (Å²) in [4.78, 5) is 38.4. The van der Waals surface area contributed by atoms with Gasteiger partial charge in [0.25, 0.3) is 0 Å². The van der Waals surface area contributed by atoms with Gasteiger partial charge in [-0.1, -0.05) is 344 Å². The SMILES string of the molecule is CC/C=C\C/C=C\C/C=C\C/C=C\CCCCCCCCCCCCCCCCCCCCCCC(=O)OCC(COC(=O)CCCCCCCCCCCCCCC)OC(=O)CCCCCCCCCCC/C=C\C/C=C\CCCCC. The highest BCUT2D eigenvalue weighted by Gasteiger charge is 2.19. The van der Waals surface area contributed by atoms with Gasteiger partial charge in [0.05, 0.1) is 0 Å². The van der Waals surface area contributed by atoms with Crippen molar-refractivity contribution in [3.63, 3.8) is 0 Å². The van der Waals surface area contributed by atoms with E-state index in [0.29, 0.717) is 19.3 Å². The number of hydrogen-bond acceptors (Lipinski definition) is 6. The van der Waals surface area contributed by atoms with Crippen molar-refractivity contribution in [1.29, 1.82) is 0 Å². The van der Waals surface area contributed by atoms with Gasteiger partial charge in [0.15, 0.2) is 6.10 Å².